The Balaban J connectivity index is 1.92. The quantitative estimate of drug-likeness (QED) is 0.525. The normalized spacial score (nSPS) is 40.6. The lowest BCUT2D eigenvalue weighted by Gasteiger charge is -2.50. The van der Waals surface area contributed by atoms with Crippen molar-refractivity contribution in [3.05, 3.63) is 5.21 Å². The molecule has 15 heavy (non-hydrogen) atoms. The molecule has 0 aromatic carbocycles. The van der Waals surface area contributed by atoms with Gasteiger partial charge in [0.2, 0.25) is 0 Å². The molecule has 0 amide bonds. The molecule has 2 heterocycles. The van der Waals surface area contributed by atoms with Crippen LogP contribution in [0.5, 0.6) is 0 Å². The lowest BCUT2D eigenvalue weighted by Crippen LogP contribution is -2.68. The third-order valence-corrected chi connectivity index (χ3v) is 3.26. The zero-order valence-corrected chi connectivity index (χ0v) is 8.93. The molecule has 0 saturated carbocycles. The summed E-state index contributed by atoms with van der Waals surface area (Å²) in [6, 6.07) is 0. The monoisotopic (exact) mass is 214 g/mol. The fourth-order valence-corrected chi connectivity index (χ4v) is 2.36. The van der Waals surface area contributed by atoms with E-state index in [2.05, 4.69) is 10.2 Å². The second-order valence-electron chi connectivity index (χ2n) is 4.39. The molecule has 88 valence electrons. The highest BCUT2D eigenvalue weighted by molar-refractivity contribution is 4.85. The van der Waals surface area contributed by atoms with Crippen LogP contribution >= 0.6 is 0 Å². The molecule has 0 aromatic rings. The number of nitrogens with zero attached hydrogens (tertiary/aromatic N) is 2. The van der Waals surface area contributed by atoms with Gasteiger partial charge in [-0.3, -0.25) is 10.2 Å². The third kappa shape index (κ3) is 2.47. The molecule has 0 spiro atoms. The van der Waals surface area contributed by atoms with Gasteiger partial charge in [0.05, 0.1) is 12.3 Å². The van der Waals surface area contributed by atoms with E-state index in [1.807, 2.05) is 0 Å². The molecule has 2 aliphatic rings. The maximum absolute atomic E-state index is 11.3. The molecular weight excluding hydrogens is 194 g/mol. The fourth-order valence-electron chi connectivity index (χ4n) is 2.36. The highest BCUT2D eigenvalue weighted by Crippen LogP contribution is 2.17. The lowest BCUT2D eigenvalue weighted by molar-refractivity contribution is 0.0186. The molecule has 2 rings (SSSR count). The number of nitrogens with two attached hydrogens (primary N) is 2. The first-order valence-corrected chi connectivity index (χ1v) is 5.65. The predicted octanol–water partition coefficient (Wildman–Crippen LogP) is -0.881. The molecule has 2 aliphatic heterocycles. The second kappa shape index (κ2) is 4.73. The van der Waals surface area contributed by atoms with Crippen LogP contribution in [0, 0.1) is 5.21 Å². The van der Waals surface area contributed by atoms with Crippen molar-refractivity contribution < 1.29 is 0 Å². The van der Waals surface area contributed by atoms with Crippen LogP contribution in [0.25, 0.3) is 0 Å². The summed E-state index contributed by atoms with van der Waals surface area (Å²) in [5, 5.41) is 15.2. The molecular formula is C9H20N5O-. The Hall–Kier alpha value is -0.240. The van der Waals surface area contributed by atoms with E-state index in [0.29, 0.717) is 6.42 Å². The lowest BCUT2D eigenvalue weighted by atomic mass is 10.1. The highest BCUT2D eigenvalue weighted by Gasteiger charge is 2.29. The van der Waals surface area contributed by atoms with Gasteiger partial charge in [0.15, 0.2) is 0 Å². The van der Waals surface area contributed by atoms with Crippen molar-refractivity contribution in [3.8, 4) is 0 Å². The maximum atomic E-state index is 11.3. The van der Waals surface area contributed by atoms with E-state index in [1.54, 1.807) is 0 Å². The van der Waals surface area contributed by atoms with Gasteiger partial charge < -0.3 is 21.7 Å². The van der Waals surface area contributed by atoms with Gasteiger partial charge in [-0.15, -0.1) is 0 Å². The summed E-state index contributed by atoms with van der Waals surface area (Å²) in [6.45, 7) is 2.16. The predicted molar refractivity (Wildman–Crippen MR) is 58.1 cm³/mol. The summed E-state index contributed by atoms with van der Waals surface area (Å²) in [7, 11) is 0. The first-order valence-electron chi connectivity index (χ1n) is 5.65. The number of likely N-dealkylation sites (tertiary alicyclic amines) is 1. The van der Waals surface area contributed by atoms with Crippen LogP contribution in [0.2, 0.25) is 0 Å². The van der Waals surface area contributed by atoms with Crippen LogP contribution in [0.1, 0.15) is 25.7 Å². The standard InChI is InChI=1S/C9H20N5O/c10-7-6-8(12-9(11)14(7)15)13-4-2-1-3-5-13/h7-9,12H,1-6,10-11H2/q-1. The van der Waals surface area contributed by atoms with E-state index in [1.165, 1.54) is 19.3 Å². The minimum absolute atomic E-state index is 0.167. The Morgan fingerprint density at radius 3 is 2.40 bits per heavy atom. The second-order valence-corrected chi connectivity index (χ2v) is 4.39. The minimum atomic E-state index is -0.666. The largest absolute Gasteiger partial charge is 0.782 e. The summed E-state index contributed by atoms with van der Waals surface area (Å²) in [5.74, 6) is 0. The van der Waals surface area contributed by atoms with E-state index in [0.717, 1.165) is 18.2 Å². The molecule has 2 fully saturated rings. The van der Waals surface area contributed by atoms with Gasteiger partial charge in [-0.05, 0) is 25.9 Å². The fraction of sp³-hybridized carbons (Fsp3) is 1.00. The van der Waals surface area contributed by atoms with Crippen molar-refractivity contribution in [2.24, 2.45) is 11.5 Å². The molecule has 0 aromatic heterocycles. The van der Waals surface area contributed by atoms with Crippen LogP contribution in [0.3, 0.4) is 0 Å². The van der Waals surface area contributed by atoms with Gasteiger partial charge in [-0.1, -0.05) is 6.42 Å². The topological polar surface area (TPSA) is 93.6 Å². The van der Waals surface area contributed by atoms with Crippen molar-refractivity contribution in [1.29, 1.82) is 0 Å². The van der Waals surface area contributed by atoms with Crippen molar-refractivity contribution in [2.75, 3.05) is 13.1 Å². The summed E-state index contributed by atoms with van der Waals surface area (Å²) >= 11 is 0. The van der Waals surface area contributed by atoms with Gasteiger partial charge >= 0.3 is 0 Å². The Morgan fingerprint density at radius 2 is 1.80 bits per heavy atom. The average Bonchev–Trinajstić information content (AvgIpc) is 2.26. The van der Waals surface area contributed by atoms with E-state index >= 15 is 0 Å². The molecule has 0 bridgehead atoms. The van der Waals surface area contributed by atoms with E-state index < -0.39 is 12.5 Å². The smallest absolute Gasteiger partial charge is 0.102 e. The zero-order chi connectivity index (χ0) is 10.8. The summed E-state index contributed by atoms with van der Waals surface area (Å²) in [5.41, 5.74) is 11.4. The van der Waals surface area contributed by atoms with Crippen molar-refractivity contribution >= 4 is 0 Å². The number of hydroxylamine groups is 2. The van der Waals surface area contributed by atoms with E-state index in [-0.39, 0.29) is 6.17 Å². The van der Waals surface area contributed by atoms with E-state index in [4.69, 9.17) is 11.5 Å². The molecule has 3 atom stereocenters. The first kappa shape index (κ1) is 11.3. The number of rotatable bonds is 1. The van der Waals surface area contributed by atoms with E-state index in [9.17, 15) is 5.21 Å². The van der Waals surface area contributed by atoms with Gasteiger partial charge in [0.25, 0.3) is 0 Å². The number of piperidine rings is 1. The minimum Gasteiger partial charge on any atom is -0.782 e. The van der Waals surface area contributed by atoms with Crippen LogP contribution < -0.4 is 16.8 Å². The molecule has 3 unspecified atom stereocenters. The Labute approximate surface area is 90.1 Å². The van der Waals surface area contributed by atoms with Gasteiger partial charge in [-0.2, -0.15) is 0 Å². The highest BCUT2D eigenvalue weighted by atomic mass is 16.5. The molecule has 0 aliphatic carbocycles. The summed E-state index contributed by atoms with van der Waals surface area (Å²) < 4.78 is 0. The summed E-state index contributed by atoms with van der Waals surface area (Å²) in [6.07, 6.45) is 3.43. The Kier molecular flexibility index (Phi) is 3.55. The van der Waals surface area contributed by atoms with Gasteiger partial charge in [0.1, 0.15) is 6.29 Å². The average molecular weight is 214 g/mol. The van der Waals surface area contributed by atoms with Crippen LogP contribution in [0.4, 0.5) is 0 Å². The van der Waals surface area contributed by atoms with Gasteiger partial charge in [-0.25, -0.2) is 0 Å². The van der Waals surface area contributed by atoms with Crippen LogP contribution in [-0.2, 0) is 0 Å². The first-order chi connectivity index (χ1) is 7.18. The SMILES string of the molecule is NC1CC(N2CCCCC2)NC(N)N1[O-]. The van der Waals surface area contributed by atoms with Crippen LogP contribution in [-0.4, -0.2) is 41.7 Å². The number of hydrogen-bond donors (Lipinski definition) is 3. The maximum Gasteiger partial charge on any atom is 0.102 e. The molecule has 6 nitrogen and oxygen atoms in total. The molecule has 6 heteroatoms. The molecule has 5 N–H and O–H groups in total. The van der Waals surface area contributed by atoms with Crippen LogP contribution in [0.15, 0.2) is 0 Å². The third-order valence-electron chi connectivity index (χ3n) is 3.26. The summed E-state index contributed by atoms with van der Waals surface area (Å²) in [4.78, 5) is 2.34. The zero-order valence-electron chi connectivity index (χ0n) is 8.93. The van der Waals surface area contributed by atoms with Crippen molar-refractivity contribution in [3.63, 3.8) is 0 Å². The number of nitrogens with one attached hydrogen (secondary N) is 1. The Bertz CT molecular complexity index is 197. The molecule has 0 radical (unpaired) electrons. The van der Waals surface area contributed by atoms with Crippen molar-refractivity contribution in [2.45, 2.75) is 44.3 Å². The number of hydrogen-bond acceptors (Lipinski definition) is 6. The van der Waals surface area contributed by atoms with Crippen molar-refractivity contribution in [1.82, 2.24) is 15.3 Å². The van der Waals surface area contributed by atoms with Gasteiger partial charge in [0, 0.05) is 6.42 Å². The Morgan fingerprint density at radius 1 is 1.13 bits per heavy atom. The molecule has 2 saturated heterocycles.